The van der Waals surface area contributed by atoms with Gasteiger partial charge in [0.25, 0.3) is 0 Å². The van der Waals surface area contributed by atoms with Gasteiger partial charge in [0.05, 0.1) is 25.9 Å². The summed E-state index contributed by atoms with van der Waals surface area (Å²) >= 11 is 0. The first-order valence-electron chi connectivity index (χ1n) is 6.77. The van der Waals surface area contributed by atoms with Crippen LogP contribution in [0.1, 0.15) is 43.6 Å². The molecule has 0 aliphatic heterocycles. The lowest BCUT2D eigenvalue weighted by atomic mass is 9.87. The summed E-state index contributed by atoms with van der Waals surface area (Å²) in [7, 11) is 1.38. The largest absolute Gasteiger partial charge is 0.465 e. The van der Waals surface area contributed by atoms with Crippen LogP contribution >= 0.6 is 0 Å². The molecule has 0 saturated heterocycles. The van der Waals surface area contributed by atoms with Gasteiger partial charge in [-0.1, -0.05) is 44.6 Å². The Morgan fingerprint density at radius 2 is 1.80 bits per heavy atom. The Bertz CT molecular complexity index is 464. The molecule has 3 nitrogen and oxygen atoms in total. The lowest BCUT2D eigenvalue weighted by Gasteiger charge is -2.19. The Kier molecular flexibility index (Phi) is 5.96. The number of ether oxygens (including phenoxy) is 2. The van der Waals surface area contributed by atoms with Crippen LogP contribution < -0.4 is 0 Å². The van der Waals surface area contributed by atoms with Crippen molar-refractivity contribution in [1.82, 2.24) is 0 Å². The van der Waals surface area contributed by atoms with Crippen LogP contribution in [0.2, 0.25) is 0 Å². The molecule has 0 aliphatic carbocycles. The number of hydrogen-bond donors (Lipinski definition) is 0. The topological polar surface area (TPSA) is 35.5 Å². The summed E-state index contributed by atoms with van der Waals surface area (Å²) in [6.07, 6.45) is 2.11. The number of carbonyl (C=O) groups is 1. The van der Waals surface area contributed by atoms with Crippen LogP contribution in [-0.4, -0.2) is 19.7 Å². The van der Waals surface area contributed by atoms with Gasteiger partial charge in [-0.3, -0.25) is 0 Å². The molecule has 0 N–H and O–H groups in total. The second kappa shape index (κ2) is 7.25. The SMILES string of the molecule is COC(=O)c1ccc(COC/C=C(\C)C(C)(C)C)cc1. The first kappa shape index (κ1) is 16.4. The maximum atomic E-state index is 11.3. The summed E-state index contributed by atoms with van der Waals surface area (Å²) in [5.41, 5.74) is 3.10. The van der Waals surface area contributed by atoms with Crippen molar-refractivity contribution in [3.63, 3.8) is 0 Å². The predicted molar refractivity (Wildman–Crippen MR) is 80.6 cm³/mol. The molecule has 0 saturated carbocycles. The van der Waals surface area contributed by atoms with E-state index in [1.165, 1.54) is 12.7 Å². The van der Waals surface area contributed by atoms with Crippen LogP contribution in [0, 0.1) is 5.41 Å². The van der Waals surface area contributed by atoms with Gasteiger partial charge < -0.3 is 9.47 Å². The molecule has 0 spiro atoms. The number of allylic oxidation sites excluding steroid dienone is 1. The summed E-state index contributed by atoms with van der Waals surface area (Å²) < 4.78 is 10.3. The molecule has 0 heterocycles. The molecule has 0 radical (unpaired) electrons. The van der Waals surface area contributed by atoms with Gasteiger partial charge >= 0.3 is 5.97 Å². The highest BCUT2D eigenvalue weighted by Crippen LogP contribution is 2.23. The minimum absolute atomic E-state index is 0.186. The highest BCUT2D eigenvalue weighted by atomic mass is 16.5. The first-order chi connectivity index (χ1) is 9.34. The molecule has 1 aromatic rings. The van der Waals surface area contributed by atoms with Crippen LogP contribution in [0.15, 0.2) is 35.9 Å². The molecule has 0 aliphatic rings. The van der Waals surface area contributed by atoms with Gasteiger partial charge in [0.2, 0.25) is 0 Å². The minimum atomic E-state index is -0.318. The molecule has 0 fully saturated rings. The van der Waals surface area contributed by atoms with Crippen LogP contribution in [0.5, 0.6) is 0 Å². The Hall–Kier alpha value is -1.61. The normalized spacial score (nSPS) is 12.3. The summed E-state index contributed by atoms with van der Waals surface area (Å²) in [4.78, 5) is 11.3. The van der Waals surface area contributed by atoms with Crippen molar-refractivity contribution in [2.45, 2.75) is 34.3 Å². The lowest BCUT2D eigenvalue weighted by molar-refractivity contribution is 0.0600. The number of esters is 1. The second-order valence-corrected chi connectivity index (χ2v) is 5.84. The average molecular weight is 276 g/mol. The summed E-state index contributed by atoms with van der Waals surface area (Å²) in [5, 5.41) is 0. The molecule has 0 unspecified atom stereocenters. The number of carbonyl (C=O) groups excluding carboxylic acids is 1. The van der Waals surface area contributed by atoms with E-state index in [4.69, 9.17) is 4.74 Å². The van der Waals surface area contributed by atoms with E-state index in [0.29, 0.717) is 18.8 Å². The maximum absolute atomic E-state index is 11.3. The fraction of sp³-hybridized carbons (Fsp3) is 0.471. The van der Waals surface area contributed by atoms with Crippen LogP contribution in [0.4, 0.5) is 0 Å². The fourth-order valence-corrected chi connectivity index (χ4v) is 1.52. The summed E-state index contributed by atoms with van der Waals surface area (Å²) in [6.45, 7) is 9.81. The molecule has 0 atom stereocenters. The molecule has 0 aromatic heterocycles. The monoisotopic (exact) mass is 276 g/mol. The molecule has 110 valence electrons. The van der Waals surface area contributed by atoms with Gasteiger partial charge in [-0.15, -0.1) is 0 Å². The van der Waals surface area contributed by atoms with Gasteiger partial charge in [0.1, 0.15) is 0 Å². The third-order valence-corrected chi connectivity index (χ3v) is 3.33. The van der Waals surface area contributed by atoms with E-state index in [9.17, 15) is 4.79 Å². The summed E-state index contributed by atoms with van der Waals surface area (Å²) in [5.74, 6) is -0.318. The third kappa shape index (κ3) is 5.17. The number of rotatable bonds is 5. The van der Waals surface area contributed by atoms with Crippen molar-refractivity contribution in [3.8, 4) is 0 Å². The Morgan fingerprint density at radius 1 is 1.20 bits per heavy atom. The molecule has 0 amide bonds. The zero-order valence-electron chi connectivity index (χ0n) is 13.0. The molecular formula is C17H24O3. The highest BCUT2D eigenvalue weighted by molar-refractivity contribution is 5.89. The third-order valence-electron chi connectivity index (χ3n) is 3.33. The van der Waals surface area contributed by atoms with E-state index >= 15 is 0 Å². The number of methoxy groups -OCH3 is 1. The van der Waals surface area contributed by atoms with E-state index in [1.54, 1.807) is 12.1 Å². The van der Waals surface area contributed by atoms with Crippen LogP contribution in [0.25, 0.3) is 0 Å². The van der Waals surface area contributed by atoms with Crippen LogP contribution in [0.3, 0.4) is 0 Å². The fourth-order valence-electron chi connectivity index (χ4n) is 1.52. The Labute approximate surface area is 121 Å². The van der Waals surface area contributed by atoms with Crippen molar-refractivity contribution in [2.75, 3.05) is 13.7 Å². The van der Waals surface area contributed by atoms with Crippen molar-refractivity contribution in [3.05, 3.63) is 47.0 Å². The number of hydrogen-bond acceptors (Lipinski definition) is 3. The molecule has 3 heteroatoms. The van der Waals surface area contributed by atoms with Crippen molar-refractivity contribution >= 4 is 5.97 Å². The molecule has 1 rings (SSSR count). The van der Waals surface area contributed by atoms with Gasteiger partial charge in [-0.2, -0.15) is 0 Å². The zero-order valence-corrected chi connectivity index (χ0v) is 13.0. The molecule has 1 aromatic carbocycles. The van der Waals surface area contributed by atoms with Crippen LogP contribution in [-0.2, 0) is 16.1 Å². The number of benzene rings is 1. The Morgan fingerprint density at radius 3 is 2.30 bits per heavy atom. The van der Waals surface area contributed by atoms with Crippen molar-refractivity contribution < 1.29 is 14.3 Å². The standard InChI is InChI=1S/C17H24O3/c1-13(17(2,3)4)10-11-20-12-14-6-8-15(9-7-14)16(18)19-5/h6-10H,11-12H2,1-5H3/b13-10+. The van der Waals surface area contributed by atoms with E-state index < -0.39 is 0 Å². The minimum Gasteiger partial charge on any atom is -0.465 e. The van der Waals surface area contributed by atoms with Crippen molar-refractivity contribution in [2.24, 2.45) is 5.41 Å². The van der Waals surface area contributed by atoms with Gasteiger partial charge in [-0.25, -0.2) is 4.79 Å². The summed E-state index contributed by atoms with van der Waals surface area (Å²) in [6, 6.07) is 7.26. The van der Waals surface area contributed by atoms with Gasteiger partial charge in [0.15, 0.2) is 0 Å². The lowest BCUT2D eigenvalue weighted by Crippen LogP contribution is -2.07. The maximum Gasteiger partial charge on any atom is 0.337 e. The smallest absolute Gasteiger partial charge is 0.337 e. The van der Waals surface area contributed by atoms with Gasteiger partial charge in [0, 0.05) is 0 Å². The van der Waals surface area contributed by atoms with Crippen molar-refractivity contribution in [1.29, 1.82) is 0 Å². The quantitative estimate of drug-likeness (QED) is 0.463. The highest BCUT2D eigenvalue weighted by Gasteiger charge is 2.11. The van der Waals surface area contributed by atoms with E-state index in [-0.39, 0.29) is 11.4 Å². The zero-order chi connectivity index (χ0) is 15.2. The average Bonchev–Trinajstić information content (AvgIpc) is 2.42. The molecule has 0 bridgehead atoms. The first-order valence-corrected chi connectivity index (χ1v) is 6.77. The van der Waals surface area contributed by atoms with E-state index in [0.717, 1.165) is 5.56 Å². The van der Waals surface area contributed by atoms with E-state index in [1.807, 2.05) is 12.1 Å². The van der Waals surface area contributed by atoms with E-state index in [2.05, 4.69) is 38.5 Å². The predicted octanol–water partition coefficient (Wildman–Crippen LogP) is 3.98. The van der Waals surface area contributed by atoms with Gasteiger partial charge in [-0.05, 0) is 30.0 Å². The molecular weight excluding hydrogens is 252 g/mol. The Balaban J connectivity index is 2.45. The molecule has 20 heavy (non-hydrogen) atoms. The second-order valence-electron chi connectivity index (χ2n) is 5.84.